The number of carbonyl (C=O) groups is 2. The molecule has 1 saturated heterocycles. The number of guanidine groups is 1. The molecule has 1 aromatic rings. The van der Waals surface area contributed by atoms with Gasteiger partial charge < -0.3 is 19.4 Å². The molecule has 0 N–H and O–H groups in total. The Bertz CT molecular complexity index is 900. The molecule has 3 amide bonds. The van der Waals surface area contributed by atoms with E-state index in [0.29, 0.717) is 18.2 Å². The number of imide groups is 1. The quantitative estimate of drug-likeness (QED) is 0.621. The summed E-state index contributed by atoms with van der Waals surface area (Å²) in [4.78, 5) is 37.9. The number of ether oxygens (including phenoxy) is 1. The van der Waals surface area contributed by atoms with Crippen LogP contribution in [0, 0.1) is 0 Å². The molecule has 0 bridgehead atoms. The molecule has 8 nitrogen and oxygen atoms in total. The number of nitrogens with zero attached hydrogens (tertiary/aromatic N) is 5. The molecule has 1 aromatic carbocycles. The predicted octanol–water partition coefficient (Wildman–Crippen LogP) is 2.70. The molecule has 0 aliphatic carbocycles. The number of hydrogen-bond acceptors (Lipinski definition) is 6. The van der Waals surface area contributed by atoms with Crippen LogP contribution in [0.15, 0.2) is 41.2 Å². The first-order chi connectivity index (χ1) is 14.4. The highest BCUT2D eigenvalue weighted by atomic mass is 35.5. The molecule has 2 atom stereocenters. The van der Waals surface area contributed by atoms with E-state index in [1.165, 1.54) is 4.90 Å². The van der Waals surface area contributed by atoms with Crippen LogP contribution >= 0.6 is 11.6 Å². The van der Waals surface area contributed by atoms with Crippen LogP contribution in [0.25, 0.3) is 0 Å². The molecule has 160 valence electrons. The fourth-order valence-corrected chi connectivity index (χ4v) is 4.19. The van der Waals surface area contributed by atoms with E-state index in [1.807, 2.05) is 37.1 Å². The minimum absolute atomic E-state index is 0.201. The molecule has 3 heterocycles. The zero-order valence-corrected chi connectivity index (χ0v) is 18.2. The van der Waals surface area contributed by atoms with Crippen LogP contribution in [-0.2, 0) is 16.1 Å². The van der Waals surface area contributed by atoms with Gasteiger partial charge in [-0.3, -0.25) is 9.69 Å². The number of urea groups is 1. The molecule has 0 saturated carbocycles. The van der Waals surface area contributed by atoms with Crippen molar-refractivity contribution in [3.63, 3.8) is 0 Å². The molecule has 0 spiro atoms. The third kappa shape index (κ3) is 3.54. The van der Waals surface area contributed by atoms with Crippen LogP contribution in [0.3, 0.4) is 0 Å². The summed E-state index contributed by atoms with van der Waals surface area (Å²) in [5.74, 6) is 0.484. The lowest BCUT2D eigenvalue weighted by Gasteiger charge is -2.40. The molecule has 9 heteroatoms. The molecule has 3 aliphatic rings. The molecule has 0 radical (unpaired) electrons. The summed E-state index contributed by atoms with van der Waals surface area (Å²) in [5.41, 5.74) is 1.87. The maximum atomic E-state index is 13.4. The summed E-state index contributed by atoms with van der Waals surface area (Å²) in [5, 5.41) is 0.614. The molecular formula is C21H26ClN5O3. The second-order valence-electron chi connectivity index (χ2n) is 7.61. The van der Waals surface area contributed by atoms with Crippen molar-refractivity contribution in [1.29, 1.82) is 0 Å². The van der Waals surface area contributed by atoms with Gasteiger partial charge in [0.2, 0.25) is 5.96 Å². The summed E-state index contributed by atoms with van der Waals surface area (Å²) in [6.07, 6.45) is 2.28. The average molecular weight is 432 g/mol. The third-order valence-electron chi connectivity index (χ3n) is 5.63. The van der Waals surface area contributed by atoms with E-state index in [1.54, 1.807) is 24.1 Å². The van der Waals surface area contributed by atoms with Crippen molar-refractivity contribution in [3.8, 4) is 0 Å². The Morgan fingerprint density at radius 2 is 1.90 bits per heavy atom. The number of rotatable bonds is 7. The normalized spacial score (nSPS) is 23.1. The van der Waals surface area contributed by atoms with Gasteiger partial charge in [-0.1, -0.05) is 23.7 Å². The third-order valence-corrected chi connectivity index (χ3v) is 5.88. The molecule has 2 unspecified atom stereocenters. The molecule has 0 aromatic heterocycles. The topological polar surface area (TPSA) is 68.7 Å². The van der Waals surface area contributed by atoms with Gasteiger partial charge in [0, 0.05) is 43.7 Å². The highest BCUT2D eigenvalue weighted by Gasteiger charge is 2.54. The Kier molecular flexibility index (Phi) is 5.71. The van der Waals surface area contributed by atoms with Gasteiger partial charge in [-0.2, -0.15) is 0 Å². The highest BCUT2D eigenvalue weighted by molar-refractivity contribution is 6.30. The van der Waals surface area contributed by atoms with E-state index < -0.39 is 12.2 Å². The van der Waals surface area contributed by atoms with Crippen molar-refractivity contribution in [2.45, 2.75) is 39.0 Å². The number of amides is 3. The smallest absolute Gasteiger partial charge is 0.328 e. The number of aliphatic imine (C=N–C) groups is 1. The van der Waals surface area contributed by atoms with Crippen molar-refractivity contribution in [2.75, 3.05) is 26.8 Å². The van der Waals surface area contributed by atoms with E-state index in [0.717, 1.165) is 30.2 Å². The fraction of sp³-hybridized carbons (Fsp3) is 0.476. The predicted molar refractivity (Wildman–Crippen MR) is 114 cm³/mol. The maximum Gasteiger partial charge on any atom is 0.328 e. The van der Waals surface area contributed by atoms with Crippen LogP contribution in [0.2, 0.25) is 5.02 Å². The lowest BCUT2D eigenvalue weighted by molar-refractivity contribution is -0.137. The molecule has 1 fully saturated rings. The van der Waals surface area contributed by atoms with Gasteiger partial charge in [-0.15, -0.1) is 0 Å². The number of halogens is 1. The van der Waals surface area contributed by atoms with E-state index in [4.69, 9.17) is 21.3 Å². The molecular weight excluding hydrogens is 406 g/mol. The summed E-state index contributed by atoms with van der Waals surface area (Å²) in [6, 6.07) is 6.27. The first-order valence-corrected chi connectivity index (χ1v) is 10.5. The molecule has 4 rings (SSSR count). The van der Waals surface area contributed by atoms with Gasteiger partial charge in [0.1, 0.15) is 0 Å². The monoisotopic (exact) mass is 431 g/mol. The second-order valence-corrected chi connectivity index (χ2v) is 8.05. The summed E-state index contributed by atoms with van der Waals surface area (Å²) in [6.45, 7) is 6.29. The number of benzene rings is 1. The highest BCUT2D eigenvalue weighted by Crippen LogP contribution is 2.34. The Morgan fingerprint density at radius 1 is 1.17 bits per heavy atom. The Labute approximate surface area is 181 Å². The zero-order valence-electron chi connectivity index (χ0n) is 17.4. The van der Waals surface area contributed by atoms with Gasteiger partial charge in [0.25, 0.3) is 5.91 Å². The minimum atomic E-state index is -0.554. The SMILES string of the molecule is CCOCCCN1C(C)=CN2C1=NC1C2C(=O)N(Cc2ccc(Cl)cc2)C(=O)N1C. The number of fused-ring (bicyclic) bond motifs is 3. The van der Waals surface area contributed by atoms with Gasteiger partial charge in [0.05, 0.1) is 6.54 Å². The van der Waals surface area contributed by atoms with Crippen LogP contribution < -0.4 is 0 Å². The van der Waals surface area contributed by atoms with Crippen molar-refractivity contribution < 1.29 is 14.3 Å². The van der Waals surface area contributed by atoms with Crippen LogP contribution in [0.4, 0.5) is 4.79 Å². The molecule has 30 heavy (non-hydrogen) atoms. The van der Waals surface area contributed by atoms with Crippen LogP contribution in [-0.4, -0.2) is 76.5 Å². The van der Waals surface area contributed by atoms with Crippen LogP contribution in [0.5, 0.6) is 0 Å². The average Bonchev–Trinajstić information content (AvgIpc) is 3.24. The molecule has 3 aliphatic heterocycles. The lowest BCUT2D eigenvalue weighted by Crippen LogP contribution is -2.63. The zero-order chi connectivity index (χ0) is 21.4. The van der Waals surface area contributed by atoms with Crippen LogP contribution in [0.1, 0.15) is 25.8 Å². The largest absolute Gasteiger partial charge is 0.382 e. The number of allylic oxidation sites excluding steroid dienone is 1. The number of carbonyl (C=O) groups excluding carboxylic acids is 2. The van der Waals surface area contributed by atoms with E-state index in [2.05, 4.69) is 4.90 Å². The summed E-state index contributed by atoms with van der Waals surface area (Å²) < 4.78 is 5.44. The van der Waals surface area contributed by atoms with Gasteiger partial charge in [-0.05, 0) is 38.0 Å². The lowest BCUT2D eigenvalue weighted by atomic mass is 10.1. The first kappa shape index (κ1) is 20.7. The number of hydrogen-bond donors (Lipinski definition) is 0. The maximum absolute atomic E-state index is 13.4. The number of likely N-dealkylation sites (N-methyl/N-ethyl adjacent to an activating group) is 1. The van der Waals surface area contributed by atoms with Crippen molar-refractivity contribution in [3.05, 3.63) is 46.7 Å². The Balaban J connectivity index is 1.53. The Morgan fingerprint density at radius 3 is 2.60 bits per heavy atom. The van der Waals surface area contributed by atoms with Gasteiger partial charge in [-0.25, -0.2) is 9.79 Å². The van der Waals surface area contributed by atoms with Crippen molar-refractivity contribution in [2.24, 2.45) is 4.99 Å². The van der Waals surface area contributed by atoms with E-state index in [9.17, 15) is 9.59 Å². The standard InChI is InChI=1S/C21H26ClN5O3/c1-4-30-11-5-10-25-14(2)12-26-17-18(23-20(25)26)24(3)21(29)27(19(17)28)13-15-6-8-16(22)9-7-15/h6-9,12,17-18H,4-5,10-11,13H2,1-3H3. The minimum Gasteiger partial charge on any atom is -0.382 e. The summed E-state index contributed by atoms with van der Waals surface area (Å²) in [7, 11) is 1.70. The van der Waals surface area contributed by atoms with Crippen molar-refractivity contribution >= 4 is 29.5 Å². The van der Waals surface area contributed by atoms with Gasteiger partial charge in [0.15, 0.2) is 12.2 Å². The van der Waals surface area contributed by atoms with E-state index >= 15 is 0 Å². The summed E-state index contributed by atoms with van der Waals surface area (Å²) >= 11 is 5.95. The second kappa shape index (κ2) is 8.28. The van der Waals surface area contributed by atoms with Gasteiger partial charge >= 0.3 is 6.03 Å². The van der Waals surface area contributed by atoms with Crippen molar-refractivity contribution in [1.82, 2.24) is 19.6 Å². The first-order valence-electron chi connectivity index (χ1n) is 10.1. The Hall–Kier alpha value is -2.58. The van der Waals surface area contributed by atoms with E-state index in [-0.39, 0.29) is 18.5 Å². The fourth-order valence-electron chi connectivity index (χ4n) is 4.07.